The number of ether oxygens (including phenoxy) is 2. The van der Waals surface area contributed by atoms with E-state index in [0.717, 1.165) is 82.3 Å². The lowest BCUT2D eigenvalue weighted by atomic mass is 9.47. The average Bonchev–Trinajstić information content (AvgIpc) is 3.31. The maximum atomic E-state index is 12.6. The zero-order chi connectivity index (χ0) is 29.3. The van der Waals surface area contributed by atoms with Crippen molar-refractivity contribution in [3.63, 3.8) is 0 Å². The van der Waals surface area contributed by atoms with Crippen molar-refractivity contribution in [2.75, 3.05) is 20.3 Å². The highest BCUT2D eigenvalue weighted by Crippen LogP contribution is 2.66. The monoisotopic (exact) mass is 586 g/mol. The number of hydrogen-bond acceptors (Lipinski definition) is 6. The molecule has 6 nitrogen and oxygen atoms in total. The van der Waals surface area contributed by atoms with E-state index in [1.54, 1.807) is 36.9 Å². The molecule has 4 aliphatic carbocycles. The van der Waals surface area contributed by atoms with E-state index in [4.69, 9.17) is 13.7 Å². The molecule has 7 heteroatoms. The molecule has 0 saturated heterocycles. The number of unbranched alkanes of at least 4 members (excludes halogenated alkanes) is 3. The van der Waals surface area contributed by atoms with Gasteiger partial charge < -0.3 is 9.47 Å². The summed E-state index contributed by atoms with van der Waals surface area (Å²) in [7, 11) is -2.13. The molecule has 0 bridgehead atoms. The minimum Gasteiger partial charge on any atom is -0.469 e. The third-order valence-electron chi connectivity index (χ3n) is 11.5. The molecule has 7 atom stereocenters. The minimum absolute atomic E-state index is 0.00347. The van der Waals surface area contributed by atoms with E-state index in [0.29, 0.717) is 17.9 Å². The summed E-state index contributed by atoms with van der Waals surface area (Å²) >= 11 is 0. The highest BCUT2D eigenvalue weighted by atomic mass is 32.2. The van der Waals surface area contributed by atoms with Crippen LogP contribution < -0.4 is 0 Å². The molecule has 1 aromatic rings. The molecule has 1 aromatic carbocycles. The fraction of sp³-hybridized carbons (Fsp3) is 0.735. The highest BCUT2D eigenvalue weighted by molar-refractivity contribution is 7.86. The minimum atomic E-state index is -3.67. The summed E-state index contributed by atoms with van der Waals surface area (Å²) in [4.78, 5) is 12.8. The van der Waals surface area contributed by atoms with E-state index in [1.807, 2.05) is 6.92 Å². The Hall–Kier alpha value is -1.70. The Labute approximate surface area is 247 Å². The molecule has 3 saturated carbocycles. The lowest BCUT2D eigenvalue weighted by Gasteiger charge is -2.58. The van der Waals surface area contributed by atoms with Crippen molar-refractivity contribution in [1.82, 2.24) is 0 Å². The van der Waals surface area contributed by atoms with Crippen molar-refractivity contribution < 1.29 is 26.9 Å². The van der Waals surface area contributed by atoms with Crippen molar-refractivity contribution in [3.05, 3.63) is 41.5 Å². The standard InChI is InChI=1S/C34H50O6S/c1-24-9-12-27(13-10-24)41(36,37)40-22-8-6-5-7-21-39-26-17-19-33(2)25(23-26)11-14-28-29-15-16-31(32(35)38-4)34(29,3)20-18-30(28)33/h9-13,26,28-31H,5-8,14-23H2,1-4H3/t26?,28-,29-,30+,31?,33-,34-/m0/s1. The summed E-state index contributed by atoms with van der Waals surface area (Å²) in [6, 6.07) is 6.76. The first-order chi connectivity index (χ1) is 19.6. The van der Waals surface area contributed by atoms with E-state index in [9.17, 15) is 13.2 Å². The topological polar surface area (TPSA) is 78.9 Å². The molecule has 0 aliphatic heterocycles. The van der Waals surface area contributed by atoms with E-state index >= 15 is 0 Å². The predicted molar refractivity (Wildman–Crippen MR) is 160 cm³/mol. The van der Waals surface area contributed by atoms with Crippen LogP contribution in [0.5, 0.6) is 0 Å². The zero-order valence-corrected chi connectivity index (χ0v) is 26.3. The van der Waals surface area contributed by atoms with Crippen LogP contribution in [0.2, 0.25) is 0 Å². The summed E-state index contributed by atoms with van der Waals surface area (Å²) in [5.41, 5.74) is 3.01. The Balaban J connectivity index is 1.03. The maximum Gasteiger partial charge on any atom is 0.309 e. The Morgan fingerprint density at radius 1 is 0.927 bits per heavy atom. The van der Waals surface area contributed by atoms with Gasteiger partial charge in [-0.2, -0.15) is 8.42 Å². The molecule has 0 amide bonds. The lowest BCUT2D eigenvalue weighted by molar-refractivity contribution is -0.152. The van der Waals surface area contributed by atoms with Gasteiger partial charge in [-0.3, -0.25) is 8.98 Å². The van der Waals surface area contributed by atoms with Gasteiger partial charge in [0.05, 0.1) is 30.6 Å². The predicted octanol–water partition coefficient (Wildman–Crippen LogP) is 7.40. The number of rotatable bonds is 11. The largest absolute Gasteiger partial charge is 0.469 e. The fourth-order valence-corrected chi connectivity index (χ4v) is 9.99. The number of carbonyl (C=O) groups excluding carboxylic acids is 1. The van der Waals surface area contributed by atoms with Crippen molar-refractivity contribution in [3.8, 4) is 0 Å². The van der Waals surface area contributed by atoms with Crippen LogP contribution in [-0.2, 0) is 28.6 Å². The zero-order valence-electron chi connectivity index (χ0n) is 25.5. The number of benzene rings is 1. The molecule has 4 aliphatic rings. The summed E-state index contributed by atoms with van der Waals surface area (Å²) in [5.74, 6) is 2.10. The van der Waals surface area contributed by atoms with Gasteiger partial charge in [0.15, 0.2) is 0 Å². The normalized spacial score (nSPS) is 34.7. The molecule has 5 rings (SSSR count). The lowest BCUT2D eigenvalue weighted by Crippen LogP contribution is -2.51. The van der Waals surface area contributed by atoms with Gasteiger partial charge in [-0.1, -0.05) is 56.0 Å². The number of allylic oxidation sites excluding steroid dienone is 1. The van der Waals surface area contributed by atoms with Crippen LogP contribution in [0.1, 0.15) is 96.5 Å². The summed E-state index contributed by atoms with van der Waals surface area (Å²) in [6.07, 6.45) is 15.5. The Kier molecular flexibility index (Phi) is 9.37. The van der Waals surface area contributed by atoms with E-state index in [1.165, 1.54) is 12.8 Å². The van der Waals surface area contributed by atoms with Crippen molar-refractivity contribution in [1.29, 1.82) is 0 Å². The third-order valence-corrected chi connectivity index (χ3v) is 12.8. The van der Waals surface area contributed by atoms with E-state index < -0.39 is 10.1 Å². The quantitative estimate of drug-likeness (QED) is 0.116. The van der Waals surface area contributed by atoms with E-state index in [2.05, 4.69) is 19.9 Å². The third kappa shape index (κ3) is 6.19. The average molecular weight is 587 g/mol. The van der Waals surface area contributed by atoms with Crippen LogP contribution in [0, 0.1) is 41.4 Å². The second-order valence-electron chi connectivity index (χ2n) is 13.7. The SMILES string of the molecule is COC(=O)C1CC[C@H]2[C@@H]3CC=C4CC(OCCCCCCOS(=O)(=O)c5ccc(C)cc5)CC[C@]4(C)[C@@H]3CC[C@]12C. The van der Waals surface area contributed by atoms with Gasteiger partial charge >= 0.3 is 5.97 Å². The van der Waals surface area contributed by atoms with Crippen molar-refractivity contribution in [2.45, 2.75) is 109 Å². The summed E-state index contributed by atoms with van der Waals surface area (Å²) < 4.78 is 41.4. The molecule has 2 unspecified atom stereocenters. The molecule has 0 radical (unpaired) electrons. The van der Waals surface area contributed by atoms with Gasteiger partial charge in [0.25, 0.3) is 10.1 Å². The number of carbonyl (C=O) groups is 1. The van der Waals surface area contributed by atoms with Crippen LogP contribution in [0.15, 0.2) is 40.8 Å². The molecule has 41 heavy (non-hydrogen) atoms. The highest BCUT2D eigenvalue weighted by Gasteiger charge is 2.60. The molecule has 3 fully saturated rings. The number of aryl methyl sites for hydroxylation is 1. The van der Waals surface area contributed by atoms with Gasteiger partial charge in [-0.15, -0.1) is 0 Å². The molecule has 0 N–H and O–H groups in total. The van der Waals surface area contributed by atoms with Crippen LogP contribution in [0.25, 0.3) is 0 Å². The molecule has 0 spiro atoms. The Bertz CT molecular complexity index is 1210. The maximum absolute atomic E-state index is 12.6. The van der Waals surface area contributed by atoms with Gasteiger partial charge in [0.1, 0.15) is 0 Å². The second-order valence-corrected chi connectivity index (χ2v) is 15.3. The smallest absolute Gasteiger partial charge is 0.309 e. The first-order valence-corrected chi connectivity index (χ1v) is 17.3. The molecule has 0 aromatic heterocycles. The number of esters is 1. The fourth-order valence-electron chi connectivity index (χ4n) is 9.05. The summed E-state index contributed by atoms with van der Waals surface area (Å²) in [6.45, 7) is 7.80. The van der Waals surface area contributed by atoms with Gasteiger partial charge in [0, 0.05) is 6.61 Å². The molecular weight excluding hydrogens is 536 g/mol. The Morgan fingerprint density at radius 3 is 2.39 bits per heavy atom. The molecule has 228 valence electrons. The number of fused-ring (bicyclic) bond motifs is 5. The van der Waals surface area contributed by atoms with Gasteiger partial charge in [0.2, 0.25) is 0 Å². The first-order valence-electron chi connectivity index (χ1n) is 15.9. The summed E-state index contributed by atoms with van der Waals surface area (Å²) in [5, 5.41) is 0. The van der Waals surface area contributed by atoms with Crippen LogP contribution in [0.3, 0.4) is 0 Å². The van der Waals surface area contributed by atoms with Crippen molar-refractivity contribution in [2.24, 2.45) is 34.5 Å². The number of hydrogen-bond donors (Lipinski definition) is 0. The molecule has 0 heterocycles. The number of methoxy groups -OCH3 is 1. The second kappa shape index (κ2) is 12.5. The van der Waals surface area contributed by atoms with Crippen LogP contribution in [0.4, 0.5) is 0 Å². The van der Waals surface area contributed by atoms with Gasteiger partial charge in [-0.05, 0) is 112 Å². The van der Waals surface area contributed by atoms with Crippen LogP contribution in [-0.4, -0.2) is 40.8 Å². The first kappa shape index (κ1) is 30.7. The Morgan fingerprint density at radius 2 is 1.66 bits per heavy atom. The van der Waals surface area contributed by atoms with E-state index in [-0.39, 0.29) is 34.2 Å². The van der Waals surface area contributed by atoms with Crippen molar-refractivity contribution >= 4 is 16.1 Å². The van der Waals surface area contributed by atoms with Gasteiger partial charge in [-0.25, -0.2) is 0 Å². The van der Waals surface area contributed by atoms with Crippen LogP contribution >= 0.6 is 0 Å². The molecular formula is C34H50O6S.